The molecule has 1 aliphatic rings. The fourth-order valence-corrected chi connectivity index (χ4v) is 4.08. The van der Waals surface area contributed by atoms with Crippen molar-refractivity contribution in [1.29, 1.82) is 0 Å². The highest BCUT2D eigenvalue weighted by Crippen LogP contribution is 2.35. The van der Waals surface area contributed by atoms with E-state index < -0.39 is 0 Å². The Morgan fingerprint density at radius 2 is 2.45 bits per heavy atom. The number of H-pyrrole nitrogens is 1. The average molecular weight is 311 g/mol. The van der Waals surface area contributed by atoms with E-state index >= 15 is 0 Å². The first kappa shape index (κ1) is 13.6. The van der Waals surface area contributed by atoms with Gasteiger partial charge in [-0.15, -0.1) is 11.3 Å². The minimum atomic E-state index is -0.176. The number of aromatic amines is 1. The Morgan fingerprint density at radius 3 is 3.10 bits per heavy atom. The average Bonchev–Trinajstić information content (AvgIpc) is 3.10. The fraction of sp³-hybridized carbons (Fsp3) is 0.462. The Bertz CT molecular complexity index is 612. The second kappa shape index (κ2) is 5.18. The predicted molar refractivity (Wildman–Crippen MR) is 78.1 cm³/mol. The number of likely N-dealkylation sites (tertiary alicyclic amines) is 1. The molecule has 1 atom stereocenters. The van der Waals surface area contributed by atoms with E-state index in [9.17, 15) is 4.79 Å². The summed E-state index contributed by atoms with van der Waals surface area (Å²) in [6, 6.07) is 3.94. The smallest absolute Gasteiger partial charge is 0.276 e. The molecule has 3 heterocycles. The van der Waals surface area contributed by atoms with Crippen molar-refractivity contribution in [2.75, 3.05) is 6.54 Å². The number of nitrogens with one attached hydrogen (secondary N) is 1. The van der Waals surface area contributed by atoms with Crippen LogP contribution in [0.4, 0.5) is 0 Å². The van der Waals surface area contributed by atoms with Crippen LogP contribution in [0.15, 0.2) is 18.3 Å². The molecule has 1 unspecified atom stereocenters. The Morgan fingerprint density at radius 1 is 1.60 bits per heavy atom. The number of carbonyl (C=O) groups is 1. The predicted octanol–water partition coefficient (Wildman–Crippen LogP) is 2.76. The van der Waals surface area contributed by atoms with Crippen molar-refractivity contribution in [3.05, 3.63) is 33.2 Å². The maximum absolute atomic E-state index is 12.5. The molecule has 1 fully saturated rings. The first-order chi connectivity index (χ1) is 9.58. The minimum Gasteiger partial charge on any atom is -0.331 e. The van der Waals surface area contributed by atoms with Gasteiger partial charge in [-0.1, -0.05) is 11.6 Å². The lowest BCUT2D eigenvalue weighted by Crippen LogP contribution is -2.46. The Kier molecular flexibility index (Phi) is 3.52. The molecule has 0 spiro atoms. The van der Waals surface area contributed by atoms with Gasteiger partial charge in [0.2, 0.25) is 0 Å². The van der Waals surface area contributed by atoms with Gasteiger partial charge in [-0.3, -0.25) is 4.79 Å². The van der Waals surface area contributed by atoms with E-state index in [-0.39, 0.29) is 11.4 Å². The molecule has 1 amide bonds. The maximum Gasteiger partial charge on any atom is 0.276 e. The standard InChI is InChI=1S/C13H15ClN4OS/c1-13(7-9-3-4-11(14)20-9)5-2-6-18(13)12(19)10-8-15-17-16-10/h3-4,8H,2,5-7H2,1H3,(H,15,16,17). The highest BCUT2D eigenvalue weighted by Gasteiger charge is 2.40. The molecule has 0 aliphatic carbocycles. The molecule has 0 aromatic carbocycles. The number of amides is 1. The third-order valence-corrected chi connectivity index (χ3v) is 5.04. The fourth-order valence-electron chi connectivity index (χ4n) is 2.82. The summed E-state index contributed by atoms with van der Waals surface area (Å²) in [5.74, 6) is -0.0543. The van der Waals surface area contributed by atoms with E-state index in [1.54, 1.807) is 11.3 Å². The van der Waals surface area contributed by atoms with Gasteiger partial charge in [0.1, 0.15) is 0 Å². The molecule has 0 saturated carbocycles. The Hall–Kier alpha value is -1.40. The quantitative estimate of drug-likeness (QED) is 0.948. The van der Waals surface area contributed by atoms with E-state index in [4.69, 9.17) is 11.6 Å². The van der Waals surface area contributed by atoms with Gasteiger partial charge in [0.15, 0.2) is 5.69 Å². The summed E-state index contributed by atoms with van der Waals surface area (Å²) in [6.45, 7) is 2.90. The molecule has 0 radical (unpaired) electrons. The summed E-state index contributed by atoms with van der Waals surface area (Å²) in [4.78, 5) is 15.6. The van der Waals surface area contributed by atoms with Crippen LogP contribution in [0.2, 0.25) is 4.34 Å². The van der Waals surface area contributed by atoms with Crippen LogP contribution in [0, 0.1) is 0 Å². The van der Waals surface area contributed by atoms with Crippen LogP contribution in [-0.2, 0) is 6.42 Å². The van der Waals surface area contributed by atoms with Crippen molar-refractivity contribution in [2.45, 2.75) is 31.7 Å². The monoisotopic (exact) mass is 310 g/mol. The third-order valence-electron chi connectivity index (χ3n) is 3.81. The van der Waals surface area contributed by atoms with Crippen molar-refractivity contribution in [3.63, 3.8) is 0 Å². The van der Waals surface area contributed by atoms with E-state index in [1.807, 2.05) is 17.0 Å². The van der Waals surface area contributed by atoms with Gasteiger partial charge in [-0.2, -0.15) is 15.4 Å². The van der Waals surface area contributed by atoms with Gasteiger partial charge in [-0.25, -0.2) is 0 Å². The molecule has 7 heteroatoms. The van der Waals surface area contributed by atoms with Gasteiger partial charge < -0.3 is 4.90 Å². The molecule has 1 saturated heterocycles. The SMILES string of the molecule is CC1(Cc2ccc(Cl)s2)CCCN1C(=O)c1cn[nH]n1. The minimum absolute atomic E-state index is 0.0543. The van der Waals surface area contributed by atoms with Gasteiger partial charge in [0.05, 0.1) is 10.5 Å². The molecule has 20 heavy (non-hydrogen) atoms. The largest absolute Gasteiger partial charge is 0.331 e. The number of hydrogen-bond acceptors (Lipinski definition) is 4. The van der Waals surface area contributed by atoms with Crippen molar-refractivity contribution in [2.24, 2.45) is 0 Å². The van der Waals surface area contributed by atoms with E-state index in [2.05, 4.69) is 22.3 Å². The van der Waals surface area contributed by atoms with Crippen molar-refractivity contribution in [3.8, 4) is 0 Å². The van der Waals surface area contributed by atoms with Crippen LogP contribution in [0.1, 0.15) is 35.1 Å². The van der Waals surface area contributed by atoms with Crippen LogP contribution in [-0.4, -0.2) is 38.3 Å². The van der Waals surface area contributed by atoms with Crippen LogP contribution in [0.3, 0.4) is 0 Å². The van der Waals surface area contributed by atoms with Crippen molar-refractivity contribution >= 4 is 28.8 Å². The molecule has 2 aromatic heterocycles. The van der Waals surface area contributed by atoms with Gasteiger partial charge in [0, 0.05) is 23.4 Å². The molecule has 5 nitrogen and oxygen atoms in total. The summed E-state index contributed by atoms with van der Waals surface area (Å²) in [5, 5.41) is 10.1. The summed E-state index contributed by atoms with van der Waals surface area (Å²) in [5.41, 5.74) is 0.201. The lowest BCUT2D eigenvalue weighted by atomic mass is 9.93. The van der Waals surface area contributed by atoms with Gasteiger partial charge >= 0.3 is 0 Å². The summed E-state index contributed by atoms with van der Waals surface area (Å²) in [7, 11) is 0. The summed E-state index contributed by atoms with van der Waals surface area (Å²) in [6.07, 6.45) is 4.31. The van der Waals surface area contributed by atoms with E-state index in [1.165, 1.54) is 11.1 Å². The molecule has 0 bridgehead atoms. The van der Waals surface area contributed by atoms with Crippen LogP contribution >= 0.6 is 22.9 Å². The normalized spacial score (nSPS) is 22.4. The zero-order valence-electron chi connectivity index (χ0n) is 11.1. The Balaban J connectivity index is 1.82. The number of halogens is 1. The molecule has 3 rings (SSSR count). The molecule has 1 aliphatic heterocycles. The molecular weight excluding hydrogens is 296 g/mol. The number of aromatic nitrogens is 3. The summed E-state index contributed by atoms with van der Waals surface area (Å²) < 4.78 is 0.788. The maximum atomic E-state index is 12.5. The number of thiophene rings is 1. The first-order valence-electron chi connectivity index (χ1n) is 6.50. The number of carbonyl (C=O) groups excluding carboxylic acids is 1. The van der Waals surface area contributed by atoms with Crippen LogP contribution < -0.4 is 0 Å². The van der Waals surface area contributed by atoms with Gasteiger partial charge in [-0.05, 0) is 31.9 Å². The molecule has 2 aromatic rings. The first-order valence-corrected chi connectivity index (χ1v) is 7.70. The molecular formula is C13H15ClN4OS. The zero-order valence-corrected chi connectivity index (χ0v) is 12.7. The number of rotatable bonds is 3. The number of hydrogen-bond donors (Lipinski definition) is 1. The zero-order chi connectivity index (χ0) is 14.2. The van der Waals surface area contributed by atoms with Crippen molar-refractivity contribution in [1.82, 2.24) is 20.3 Å². The highest BCUT2D eigenvalue weighted by atomic mass is 35.5. The van der Waals surface area contributed by atoms with Crippen molar-refractivity contribution < 1.29 is 4.79 Å². The van der Waals surface area contributed by atoms with Crippen LogP contribution in [0.5, 0.6) is 0 Å². The van der Waals surface area contributed by atoms with E-state index in [0.717, 1.165) is 30.1 Å². The molecule has 106 valence electrons. The highest BCUT2D eigenvalue weighted by molar-refractivity contribution is 7.16. The topological polar surface area (TPSA) is 61.9 Å². The lowest BCUT2D eigenvalue weighted by Gasteiger charge is -2.34. The number of nitrogens with zero attached hydrogens (tertiary/aromatic N) is 3. The third kappa shape index (κ3) is 2.45. The van der Waals surface area contributed by atoms with E-state index in [0.29, 0.717) is 5.69 Å². The second-order valence-corrected chi connectivity index (χ2v) is 7.09. The second-order valence-electron chi connectivity index (χ2n) is 5.30. The lowest BCUT2D eigenvalue weighted by molar-refractivity contribution is 0.0619. The van der Waals surface area contributed by atoms with Gasteiger partial charge in [0.25, 0.3) is 5.91 Å². The molecule has 1 N–H and O–H groups in total. The van der Waals surface area contributed by atoms with Crippen LogP contribution in [0.25, 0.3) is 0 Å². The Labute approximate surface area is 125 Å². The summed E-state index contributed by atoms with van der Waals surface area (Å²) >= 11 is 7.56.